The van der Waals surface area contributed by atoms with Crippen LogP contribution in [0, 0.1) is 0 Å². The number of halogens is 2. The molecule has 0 N–H and O–H groups in total. The van der Waals surface area contributed by atoms with Crippen molar-refractivity contribution in [3.63, 3.8) is 0 Å². The molecule has 0 aliphatic carbocycles. The molecule has 0 radical (unpaired) electrons. The first kappa shape index (κ1) is 8.57. The van der Waals surface area contributed by atoms with Gasteiger partial charge in [-0.2, -0.15) is 0 Å². The Balaban J connectivity index is 2.90. The van der Waals surface area contributed by atoms with Gasteiger partial charge in [0.1, 0.15) is 5.15 Å². The lowest BCUT2D eigenvalue weighted by atomic mass is 10.2. The van der Waals surface area contributed by atoms with Crippen LogP contribution in [0.2, 0.25) is 5.15 Å². The second-order valence-corrected chi connectivity index (χ2v) is 2.76. The number of alkyl halides is 1. The predicted molar refractivity (Wildman–Crippen MR) is 49.0 cm³/mol. The third-order valence-electron chi connectivity index (χ3n) is 1.30. The average molecular weight is 188 g/mol. The molecule has 58 valence electrons. The summed E-state index contributed by atoms with van der Waals surface area (Å²) in [5.41, 5.74) is 1.79. The van der Waals surface area contributed by atoms with Gasteiger partial charge in [-0.25, -0.2) is 4.98 Å². The highest BCUT2D eigenvalue weighted by atomic mass is 35.5. The largest absolute Gasteiger partial charge is 0.244 e. The summed E-state index contributed by atoms with van der Waals surface area (Å²) in [7, 11) is 0. The van der Waals surface area contributed by atoms with E-state index in [0.717, 1.165) is 11.1 Å². The van der Waals surface area contributed by atoms with Crippen molar-refractivity contribution in [3.05, 3.63) is 35.6 Å². The van der Waals surface area contributed by atoms with E-state index in [1.54, 1.807) is 12.3 Å². The van der Waals surface area contributed by atoms with Crippen molar-refractivity contribution in [3.8, 4) is 0 Å². The molecular formula is C8H7Cl2N. The molecule has 0 unspecified atom stereocenters. The lowest BCUT2D eigenvalue weighted by Gasteiger charge is -1.99. The van der Waals surface area contributed by atoms with Crippen molar-refractivity contribution in [2.75, 3.05) is 5.88 Å². The van der Waals surface area contributed by atoms with Crippen molar-refractivity contribution >= 4 is 28.8 Å². The van der Waals surface area contributed by atoms with Gasteiger partial charge in [-0.05, 0) is 17.2 Å². The molecule has 0 aromatic carbocycles. The number of nitrogens with zero attached hydrogens (tertiary/aromatic N) is 1. The van der Waals surface area contributed by atoms with Crippen LogP contribution in [0.15, 0.2) is 24.9 Å². The predicted octanol–water partition coefficient (Wildman–Crippen LogP) is 2.99. The van der Waals surface area contributed by atoms with Crippen LogP contribution in [0.1, 0.15) is 5.56 Å². The average Bonchev–Trinajstić information content (AvgIpc) is 2.05. The van der Waals surface area contributed by atoms with Gasteiger partial charge in [-0.1, -0.05) is 24.2 Å². The number of hydrogen-bond acceptors (Lipinski definition) is 1. The molecule has 1 aromatic heterocycles. The van der Waals surface area contributed by atoms with E-state index in [9.17, 15) is 0 Å². The molecule has 0 aliphatic rings. The first-order valence-corrected chi connectivity index (χ1v) is 4.01. The van der Waals surface area contributed by atoms with Gasteiger partial charge in [0.25, 0.3) is 0 Å². The van der Waals surface area contributed by atoms with Crippen molar-refractivity contribution < 1.29 is 0 Å². The fraction of sp³-hybridized carbons (Fsp3) is 0.125. The lowest BCUT2D eigenvalue weighted by molar-refractivity contribution is 1.31. The zero-order valence-corrected chi connectivity index (χ0v) is 7.36. The molecule has 1 rings (SSSR count). The summed E-state index contributed by atoms with van der Waals surface area (Å²) in [6.07, 6.45) is 1.66. The molecule has 0 fully saturated rings. The molecule has 3 heteroatoms. The third-order valence-corrected chi connectivity index (χ3v) is 1.84. The van der Waals surface area contributed by atoms with Crippen LogP contribution < -0.4 is 0 Å². The van der Waals surface area contributed by atoms with Crippen molar-refractivity contribution in [2.45, 2.75) is 0 Å². The van der Waals surface area contributed by atoms with Crippen LogP contribution in [0.25, 0.3) is 5.57 Å². The first-order chi connectivity index (χ1) is 5.24. The van der Waals surface area contributed by atoms with E-state index in [-0.39, 0.29) is 0 Å². The van der Waals surface area contributed by atoms with Crippen LogP contribution in [0.5, 0.6) is 0 Å². The van der Waals surface area contributed by atoms with Crippen LogP contribution in [0.3, 0.4) is 0 Å². The van der Waals surface area contributed by atoms with Gasteiger partial charge >= 0.3 is 0 Å². The number of allylic oxidation sites excluding steroid dienone is 1. The van der Waals surface area contributed by atoms with Gasteiger partial charge in [0.05, 0.1) is 0 Å². The van der Waals surface area contributed by atoms with E-state index in [0.29, 0.717) is 11.0 Å². The second-order valence-electron chi connectivity index (χ2n) is 2.11. The highest BCUT2D eigenvalue weighted by molar-refractivity contribution is 6.29. The van der Waals surface area contributed by atoms with E-state index in [4.69, 9.17) is 23.2 Å². The van der Waals surface area contributed by atoms with Crippen LogP contribution in [-0.4, -0.2) is 10.9 Å². The van der Waals surface area contributed by atoms with Crippen molar-refractivity contribution in [1.29, 1.82) is 0 Å². The second kappa shape index (κ2) is 3.74. The van der Waals surface area contributed by atoms with Gasteiger partial charge in [0.15, 0.2) is 0 Å². The molecule has 0 saturated heterocycles. The molecule has 11 heavy (non-hydrogen) atoms. The quantitative estimate of drug-likeness (QED) is 0.513. The zero-order valence-electron chi connectivity index (χ0n) is 5.85. The summed E-state index contributed by atoms with van der Waals surface area (Å²) >= 11 is 11.2. The normalized spacial score (nSPS) is 9.64. The Morgan fingerprint density at radius 2 is 2.27 bits per heavy atom. The fourth-order valence-corrected chi connectivity index (χ4v) is 0.928. The van der Waals surface area contributed by atoms with E-state index >= 15 is 0 Å². The number of aromatic nitrogens is 1. The maximum Gasteiger partial charge on any atom is 0.129 e. The maximum atomic E-state index is 5.59. The minimum atomic E-state index is 0.420. The lowest BCUT2D eigenvalue weighted by Crippen LogP contribution is -1.84. The maximum absolute atomic E-state index is 5.59. The third kappa shape index (κ3) is 2.21. The zero-order chi connectivity index (χ0) is 8.27. The Bertz CT molecular complexity index is 253. The van der Waals surface area contributed by atoms with Crippen LogP contribution in [-0.2, 0) is 0 Å². The molecule has 0 spiro atoms. The molecule has 0 atom stereocenters. The molecule has 0 amide bonds. The molecule has 0 saturated carbocycles. The van der Waals surface area contributed by atoms with E-state index in [1.807, 2.05) is 6.07 Å². The van der Waals surface area contributed by atoms with Gasteiger partial charge in [-0.3, -0.25) is 0 Å². The molecular weight excluding hydrogens is 181 g/mol. The molecule has 0 aliphatic heterocycles. The SMILES string of the molecule is C=C(CCl)c1ccc(Cl)nc1. The summed E-state index contributed by atoms with van der Waals surface area (Å²) in [5, 5.41) is 0.483. The first-order valence-electron chi connectivity index (χ1n) is 3.09. The summed E-state index contributed by atoms with van der Waals surface area (Å²) in [6, 6.07) is 3.56. The molecule has 1 nitrogen and oxygen atoms in total. The van der Waals surface area contributed by atoms with Gasteiger partial charge in [0.2, 0.25) is 0 Å². The minimum Gasteiger partial charge on any atom is -0.244 e. The summed E-state index contributed by atoms with van der Waals surface area (Å²) < 4.78 is 0. The van der Waals surface area contributed by atoms with Gasteiger partial charge in [-0.15, -0.1) is 11.6 Å². The monoisotopic (exact) mass is 187 g/mol. The molecule has 1 aromatic rings. The number of rotatable bonds is 2. The minimum absolute atomic E-state index is 0.420. The van der Waals surface area contributed by atoms with E-state index in [1.165, 1.54) is 0 Å². The Labute approximate surface area is 75.7 Å². The Morgan fingerprint density at radius 3 is 2.73 bits per heavy atom. The van der Waals surface area contributed by atoms with Crippen molar-refractivity contribution in [2.24, 2.45) is 0 Å². The summed E-state index contributed by atoms with van der Waals surface area (Å²) in [5.74, 6) is 0.420. The molecule has 1 heterocycles. The summed E-state index contributed by atoms with van der Waals surface area (Å²) in [4.78, 5) is 3.89. The fourth-order valence-electron chi connectivity index (χ4n) is 0.662. The van der Waals surface area contributed by atoms with E-state index < -0.39 is 0 Å². The van der Waals surface area contributed by atoms with Gasteiger partial charge in [0, 0.05) is 12.1 Å². The van der Waals surface area contributed by atoms with Crippen molar-refractivity contribution in [1.82, 2.24) is 4.98 Å². The topological polar surface area (TPSA) is 12.9 Å². The molecule has 0 bridgehead atoms. The summed E-state index contributed by atoms with van der Waals surface area (Å²) in [6.45, 7) is 3.76. The number of pyridine rings is 1. The Kier molecular flexibility index (Phi) is 2.92. The Morgan fingerprint density at radius 1 is 1.55 bits per heavy atom. The standard InChI is InChI=1S/C8H7Cl2N/c1-6(4-9)7-2-3-8(10)11-5-7/h2-3,5H,1,4H2. The van der Waals surface area contributed by atoms with Crippen LogP contribution in [0.4, 0.5) is 0 Å². The smallest absolute Gasteiger partial charge is 0.129 e. The van der Waals surface area contributed by atoms with E-state index in [2.05, 4.69) is 11.6 Å². The number of hydrogen-bond donors (Lipinski definition) is 0. The Hall–Kier alpha value is -0.530. The van der Waals surface area contributed by atoms with Gasteiger partial charge < -0.3 is 0 Å². The highest BCUT2D eigenvalue weighted by Gasteiger charge is 1.96. The van der Waals surface area contributed by atoms with Crippen LogP contribution >= 0.6 is 23.2 Å². The highest BCUT2D eigenvalue weighted by Crippen LogP contribution is 2.14.